The Kier molecular flexibility index (Phi) is 5.22. The number of amides is 2. The van der Waals surface area contributed by atoms with Crippen molar-refractivity contribution in [3.8, 4) is 11.6 Å². The number of para-hydroxylation sites is 2. The van der Waals surface area contributed by atoms with Crippen molar-refractivity contribution in [1.29, 1.82) is 0 Å². The van der Waals surface area contributed by atoms with Gasteiger partial charge in [-0.3, -0.25) is 4.79 Å². The number of hydrogen-bond donors (Lipinski definition) is 2. The van der Waals surface area contributed by atoms with Gasteiger partial charge in [0, 0.05) is 12.6 Å². The molecule has 0 aliphatic heterocycles. The first-order chi connectivity index (χ1) is 12.7. The SMILES string of the molecule is COc1ccccc1NC(=O)NCCn1nc(-n2cncn2)ccc1=O. The van der Waals surface area contributed by atoms with Gasteiger partial charge in [-0.15, -0.1) is 5.10 Å². The van der Waals surface area contributed by atoms with Gasteiger partial charge in [-0.05, 0) is 18.2 Å². The van der Waals surface area contributed by atoms with Gasteiger partial charge in [0.15, 0.2) is 5.82 Å². The third-order valence-corrected chi connectivity index (χ3v) is 3.47. The fourth-order valence-corrected chi connectivity index (χ4v) is 2.24. The summed E-state index contributed by atoms with van der Waals surface area (Å²) in [4.78, 5) is 27.7. The van der Waals surface area contributed by atoms with Gasteiger partial charge in [0.1, 0.15) is 18.4 Å². The van der Waals surface area contributed by atoms with Crippen LogP contribution in [0.25, 0.3) is 5.82 Å². The Balaban J connectivity index is 1.58. The molecule has 3 aromatic rings. The molecular weight excluding hydrogens is 338 g/mol. The molecule has 134 valence electrons. The highest BCUT2D eigenvalue weighted by molar-refractivity contribution is 5.90. The Morgan fingerprint density at radius 1 is 1.23 bits per heavy atom. The molecule has 0 unspecified atom stereocenters. The maximum Gasteiger partial charge on any atom is 0.319 e. The molecule has 10 nitrogen and oxygen atoms in total. The van der Waals surface area contributed by atoms with Gasteiger partial charge >= 0.3 is 6.03 Å². The van der Waals surface area contributed by atoms with Crippen LogP contribution in [0.15, 0.2) is 53.8 Å². The van der Waals surface area contributed by atoms with Crippen molar-refractivity contribution in [2.75, 3.05) is 19.0 Å². The highest BCUT2D eigenvalue weighted by atomic mass is 16.5. The van der Waals surface area contributed by atoms with Crippen LogP contribution in [-0.2, 0) is 6.54 Å². The minimum atomic E-state index is -0.407. The number of benzene rings is 1. The van der Waals surface area contributed by atoms with E-state index < -0.39 is 6.03 Å². The summed E-state index contributed by atoms with van der Waals surface area (Å²) in [6.07, 6.45) is 2.86. The van der Waals surface area contributed by atoms with Gasteiger partial charge in [0.2, 0.25) is 0 Å². The molecule has 10 heteroatoms. The number of nitrogens with one attached hydrogen (secondary N) is 2. The quantitative estimate of drug-likeness (QED) is 0.671. The summed E-state index contributed by atoms with van der Waals surface area (Å²) in [7, 11) is 1.53. The second kappa shape index (κ2) is 7.92. The van der Waals surface area contributed by atoms with Crippen molar-refractivity contribution < 1.29 is 9.53 Å². The minimum Gasteiger partial charge on any atom is -0.495 e. The van der Waals surface area contributed by atoms with Gasteiger partial charge in [-0.25, -0.2) is 19.1 Å². The van der Waals surface area contributed by atoms with Crippen LogP contribution < -0.4 is 20.9 Å². The zero-order valence-electron chi connectivity index (χ0n) is 14.0. The summed E-state index contributed by atoms with van der Waals surface area (Å²) in [6.45, 7) is 0.426. The molecule has 0 aliphatic rings. The monoisotopic (exact) mass is 355 g/mol. The van der Waals surface area contributed by atoms with Crippen LogP contribution in [0.1, 0.15) is 0 Å². The highest BCUT2D eigenvalue weighted by Crippen LogP contribution is 2.22. The maximum absolute atomic E-state index is 12.0. The maximum atomic E-state index is 12.0. The van der Waals surface area contributed by atoms with E-state index in [-0.39, 0.29) is 18.6 Å². The number of carbonyl (C=O) groups is 1. The van der Waals surface area contributed by atoms with Crippen molar-refractivity contribution in [3.05, 3.63) is 59.4 Å². The number of hydrogen-bond acceptors (Lipinski definition) is 6. The molecule has 0 saturated heterocycles. The molecule has 0 bridgehead atoms. The molecule has 3 rings (SSSR count). The minimum absolute atomic E-state index is 0.209. The second-order valence-electron chi connectivity index (χ2n) is 5.17. The predicted octanol–water partition coefficient (Wildman–Crippen LogP) is 0.654. The van der Waals surface area contributed by atoms with Crippen LogP contribution in [0.5, 0.6) is 5.75 Å². The van der Waals surface area contributed by atoms with E-state index >= 15 is 0 Å². The van der Waals surface area contributed by atoms with Crippen molar-refractivity contribution in [3.63, 3.8) is 0 Å². The average Bonchev–Trinajstić information content (AvgIpc) is 3.18. The average molecular weight is 355 g/mol. The summed E-state index contributed by atoms with van der Waals surface area (Å²) in [5, 5.41) is 13.5. The molecule has 2 heterocycles. The van der Waals surface area contributed by atoms with Crippen molar-refractivity contribution in [2.45, 2.75) is 6.54 Å². The highest BCUT2D eigenvalue weighted by Gasteiger charge is 2.07. The van der Waals surface area contributed by atoms with Gasteiger partial charge in [-0.2, -0.15) is 5.10 Å². The topological polar surface area (TPSA) is 116 Å². The van der Waals surface area contributed by atoms with Gasteiger partial charge in [0.25, 0.3) is 5.56 Å². The van der Waals surface area contributed by atoms with Crippen LogP contribution in [0.4, 0.5) is 10.5 Å². The Bertz CT molecular complexity index is 937. The lowest BCUT2D eigenvalue weighted by Crippen LogP contribution is -2.34. The van der Waals surface area contributed by atoms with Crippen LogP contribution in [-0.4, -0.2) is 44.2 Å². The van der Waals surface area contributed by atoms with E-state index in [1.807, 2.05) is 6.07 Å². The van der Waals surface area contributed by atoms with E-state index in [9.17, 15) is 9.59 Å². The number of rotatable bonds is 6. The summed E-state index contributed by atoms with van der Waals surface area (Å²) in [5.41, 5.74) is 0.275. The van der Waals surface area contributed by atoms with E-state index in [2.05, 4.69) is 25.8 Å². The molecule has 2 aromatic heterocycles. The first kappa shape index (κ1) is 17.1. The third-order valence-electron chi connectivity index (χ3n) is 3.47. The zero-order valence-corrected chi connectivity index (χ0v) is 14.0. The smallest absolute Gasteiger partial charge is 0.319 e. The first-order valence-electron chi connectivity index (χ1n) is 7.78. The fraction of sp³-hybridized carbons (Fsp3) is 0.188. The summed E-state index contributed by atoms with van der Waals surface area (Å²) < 4.78 is 7.87. The zero-order chi connectivity index (χ0) is 18.4. The Labute approximate surface area is 148 Å². The number of ether oxygens (including phenoxy) is 1. The van der Waals surface area contributed by atoms with Crippen molar-refractivity contribution in [2.24, 2.45) is 0 Å². The number of methoxy groups -OCH3 is 1. The molecular formula is C16H17N7O3. The number of aromatic nitrogens is 5. The van der Waals surface area contributed by atoms with Gasteiger partial charge in [-0.1, -0.05) is 12.1 Å². The number of nitrogens with zero attached hydrogens (tertiary/aromatic N) is 5. The molecule has 0 atom stereocenters. The summed E-state index contributed by atoms with van der Waals surface area (Å²) in [6, 6.07) is 9.60. The molecule has 2 N–H and O–H groups in total. The number of urea groups is 1. The van der Waals surface area contributed by atoms with Gasteiger partial charge in [0.05, 0.1) is 19.3 Å². The summed E-state index contributed by atoms with van der Waals surface area (Å²) in [5.74, 6) is 1.02. The standard InChI is InChI=1S/C16H17N7O3/c1-26-13-5-3-2-4-12(13)20-16(25)18-8-9-22-15(24)7-6-14(21-22)23-11-17-10-19-23/h2-7,10-11H,8-9H2,1H3,(H2,18,20,25). The molecule has 0 spiro atoms. The van der Waals surface area contributed by atoms with Crippen molar-refractivity contribution >= 4 is 11.7 Å². The van der Waals surface area contributed by atoms with E-state index in [4.69, 9.17) is 4.74 Å². The van der Waals surface area contributed by atoms with Crippen LogP contribution in [0.2, 0.25) is 0 Å². The Morgan fingerprint density at radius 3 is 2.85 bits per heavy atom. The predicted molar refractivity (Wildman–Crippen MR) is 93.4 cm³/mol. The molecule has 0 aliphatic carbocycles. The lowest BCUT2D eigenvalue weighted by molar-refractivity contribution is 0.251. The normalized spacial score (nSPS) is 10.3. The molecule has 1 aromatic carbocycles. The molecule has 0 saturated carbocycles. The molecule has 0 fully saturated rings. The van der Waals surface area contributed by atoms with Gasteiger partial charge < -0.3 is 15.4 Å². The van der Waals surface area contributed by atoms with Crippen LogP contribution >= 0.6 is 0 Å². The number of anilines is 1. The Morgan fingerprint density at radius 2 is 2.08 bits per heavy atom. The molecule has 2 amide bonds. The van der Waals surface area contributed by atoms with E-state index in [1.54, 1.807) is 24.3 Å². The first-order valence-corrected chi connectivity index (χ1v) is 7.78. The van der Waals surface area contributed by atoms with Crippen LogP contribution in [0, 0.1) is 0 Å². The third kappa shape index (κ3) is 4.04. The summed E-state index contributed by atoms with van der Waals surface area (Å²) >= 11 is 0. The fourth-order valence-electron chi connectivity index (χ4n) is 2.24. The van der Waals surface area contributed by atoms with Crippen LogP contribution in [0.3, 0.4) is 0 Å². The van der Waals surface area contributed by atoms with E-state index in [0.717, 1.165) is 0 Å². The van der Waals surface area contributed by atoms with Crippen molar-refractivity contribution in [1.82, 2.24) is 29.9 Å². The lowest BCUT2D eigenvalue weighted by Gasteiger charge is -2.11. The molecule has 26 heavy (non-hydrogen) atoms. The Hall–Kier alpha value is -3.69. The van der Waals surface area contributed by atoms with E-state index in [1.165, 1.54) is 35.2 Å². The van der Waals surface area contributed by atoms with E-state index in [0.29, 0.717) is 17.3 Å². The lowest BCUT2D eigenvalue weighted by atomic mass is 10.3. The number of carbonyl (C=O) groups excluding carboxylic acids is 1. The second-order valence-corrected chi connectivity index (χ2v) is 5.17. The molecule has 0 radical (unpaired) electrons. The largest absolute Gasteiger partial charge is 0.495 e.